The topological polar surface area (TPSA) is 64.3 Å². The summed E-state index contributed by atoms with van der Waals surface area (Å²) in [7, 11) is 0. The average Bonchev–Trinajstić information content (AvgIpc) is 2.30. The molecule has 0 radical (unpaired) electrons. The normalized spacial score (nSPS) is 28.6. The van der Waals surface area contributed by atoms with Crippen molar-refractivity contribution in [2.24, 2.45) is 0 Å². The van der Waals surface area contributed by atoms with E-state index in [1.807, 2.05) is 6.92 Å². The van der Waals surface area contributed by atoms with Crippen molar-refractivity contribution in [2.75, 3.05) is 6.54 Å². The Morgan fingerprint density at radius 1 is 1.83 bits per heavy atom. The molecule has 2 unspecified atom stereocenters. The summed E-state index contributed by atoms with van der Waals surface area (Å²) in [6.07, 6.45) is 0.122. The van der Waals surface area contributed by atoms with Gasteiger partial charge in [-0.3, -0.25) is 4.79 Å². The number of likely N-dealkylation sites (tertiary alicyclic amines) is 1. The second-order valence-corrected chi connectivity index (χ2v) is 3.12. The highest BCUT2D eigenvalue weighted by Crippen LogP contribution is 2.17. The van der Waals surface area contributed by atoms with E-state index in [4.69, 9.17) is 5.26 Å². The molecule has 1 aliphatic heterocycles. The van der Waals surface area contributed by atoms with Gasteiger partial charge in [0, 0.05) is 12.6 Å². The van der Waals surface area contributed by atoms with Gasteiger partial charge in [-0.1, -0.05) is 0 Å². The third-order valence-electron chi connectivity index (χ3n) is 2.10. The van der Waals surface area contributed by atoms with Crippen LogP contribution in [-0.4, -0.2) is 34.6 Å². The van der Waals surface area contributed by atoms with Gasteiger partial charge >= 0.3 is 0 Å². The van der Waals surface area contributed by atoms with Crippen molar-refractivity contribution in [3.8, 4) is 6.07 Å². The molecule has 12 heavy (non-hydrogen) atoms. The Morgan fingerprint density at radius 2 is 2.50 bits per heavy atom. The lowest BCUT2D eigenvalue weighted by atomic mass is 10.2. The summed E-state index contributed by atoms with van der Waals surface area (Å²) >= 11 is 0. The van der Waals surface area contributed by atoms with E-state index in [1.54, 1.807) is 11.0 Å². The van der Waals surface area contributed by atoms with E-state index in [2.05, 4.69) is 0 Å². The van der Waals surface area contributed by atoms with Crippen molar-refractivity contribution in [1.29, 1.82) is 5.26 Å². The SMILES string of the molecule is CC1CC(O)CN1C(=O)CC#N. The summed E-state index contributed by atoms with van der Waals surface area (Å²) in [5, 5.41) is 17.5. The Kier molecular flexibility index (Phi) is 2.66. The van der Waals surface area contributed by atoms with E-state index < -0.39 is 6.10 Å². The molecule has 0 saturated carbocycles. The van der Waals surface area contributed by atoms with Gasteiger partial charge in [-0.25, -0.2) is 0 Å². The maximum Gasteiger partial charge on any atom is 0.237 e. The minimum atomic E-state index is -0.414. The lowest BCUT2D eigenvalue weighted by Crippen LogP contribution is -2.33. The van der Waals surface area contributed by atoms with E-state index in [0.29, 0.717) is 13.0 Å². The van der Waals surface area contributed by atoms with Crippen LogP contribution in [0, 0.1) is 11.3 Å². The number of nitrogens with zero attached hydrogens (tertiary/aromatic N) is 2. The monoisotopic (exact) mass is 168 g/mol. The van der Waals surface area contributed by atoms with Crippen molar-refractivity contribution in [3.05, 3.63) is 0 Å². The van der Waals surface area contributed by atoms with Crippen molar-refractivity contribution in [1.82, 2.24) is 4.90 Å². The molecule has 1 rings (SSSR count). The highest BCUT2D eigenvalue weighted by atomic mass is 16.3. The minimum Gasteiger partial charge on any atom is -0.391 e. The standard InChI is InChI=1S/C8H12N2O2/c1-6-4-7(11)5-10(6)8(12)2-3-9/h6-7,11H,2,4-5H2,1H3. The van der Waals surface area contributed by atoms with Gasteiger partial charge in [-0.2, -0.15) is 5.26 Å². The summed E-state index contributed by atoms with van der Waals surface area (Å²) in [4.78, 5) is 12.8. The molecular weight excluding hydrogens is 156 g/mol. The molecule has 0 aromatic carbocycles. The Bertz CT molecular complexity index is 222. The van der Waals surface area contributed by atoms with Crippen molar-refractivity contribution in [3.63, 3.8) is 0 Å². The largest absolute Gasteiger partial charge is 0.391 e. The Balaban J connectivity index is 2.53. The minimum absolute atomic E-state index is 0.0702. The second kappa shape index (κ2) is 3.55. The van der Waals surface area contributed by atoms with Gasteiger partial charge in [0.25, 0.3) is 0 Å². The summed E-state index contributed by atoms with van der Waals surface area (Å²) in [5.74, 6) is -0.179. The average molecular weight is 168 g/mol. The molecule has 66 valence electrons. The molecule has 1 fully saturated rings. The number of β-amino-alcohol motifs (C(OH)–C–C–N with tert-alkyl or cyclic N) is 1. The van der Waals surface area contributed by atoms with Gasteiger partial charge in [0.2, 0.25) is 5.91 Å². The van der Waals surface area contributed by atoms with Crippen LogP contribution >= 0.6 is 0 Å². The number of hydrogen-bond acceptors (Lipinski definition) is 3. The summed E-state index contributed by atoms with van der Waals surface area (Å²) in [6, 6.07) is 1.88. The maximum atomic E-state index is 11.2. The molecule has 0 aromatic rings. The first-order valence-corrected chi connectivity index (χ1v) is 3.99. The predicted octanol–water partition coefficient (Wildman–Crippen LogP) is -0.118. The van der Waals surface area contributed by atoms with Crippen LogP contribution in [0.1, 0.15) is 19.8 Å². The maximum absolute atomic E-state index is 11.2. The van der Waals surface area contributed by atoms with Gasteiger partial charge in [0.1, 0.15) is 6.42 Å². The molecule has 2 atom stereocenters. The summed E-state index contributed by atoms with van der Waals surface area (Å²) in [5.41, 5.74) is 0. The number of amides is 1. The fourth-order valence-corrected chi connectivity index (χ4v) is 1.52. The zero-order chi connectivity index (χ0) is 9.14. The van der Waals surface area contributed by atoms with E-state index in [9.17, 15) is 9.90 Å². The van der Waals surface area contributed by atoms with Crippen LogP contribution in [0.2, 0.25) is 0 Å². The van der Waals surface area contributed by atoms with Gasteiger partial charge in [-0.05, 0) is 13.3 Å². The van der Waals surface area contributed by atoms with Crippen LogP contribution in [0.25, 0.3) is 0 Å². The van der Waals surface area contributed by atoms with E-state index in [1.165, 1.54) is 0 Å². The smallest absolute Gasteiger partial charge is 0.237 e. The van der Waals surface area contributed by atoms with Gasteiger partial charge < -0.3 is 10.0 Å². The zero-order valence-electron chi connectivity index (χ0n) is 7.03. The number of aliphatic hydroxyl groups excluding tert-OH is 1. The fourth-order valence-electron chi connectivity index (χ4n) is 1.52. The molecule has 1 amide bonds. The lowest BCUT2D eigenvalue weighted by molar-refractivity contribution is -0.130. The highest BCUT2D eigenvalue weighted by molar-refractivity contribution is 5.78. The number of carbonyl (C=O) groups excluding carboxylic acids is 1. The van der Waals surface area contributed by atoms with Crippen LogP contribution in [0.5, 0.6) is 0 Å². The summed E-state index contributed by atoms with van der Waals surface area (Å²) < 4.78 is 0. The molecule has 1 N–H and O–H groups in total. The molecule has 0 aromatic heterocycles. The third-order valence-corrected chi connectivity index (χ3v) is 2.10. The number of carbonyl (C=O) groups is 1. The van der Waals surface area contributed by atoms with E-state index >= 15 is 0 Å². The molecule has 1 heterocycles. The Hall–Kier alpha value is -1.08. The van der Waals surface area contributed by atoms with Gasteiger partial charge in [-0.15, -0.1) is 0 Å². The van der Waals surface area contributed by atoms with Gasteiger partial charge in [0.05, 0.1) is 12.2 Å². The van der Waals surface area contributed by atoms with Gasteiger partial charge in [0.15, 0.2) is 0 Å². The number of rotatable bonds is 1. The quantitative estimate of drug-likeness (QED) is 0.593. The Labute approximate surface area is 71.4 Å². The molecule has 0 bridgehead atoms. The molecular formula is C8H12N2O2. The molecule has 0 aliphatic carbocycles. The third kappa shape index (κ3) is 1.74. The van der Waals surface area contributed by atoms with Crippen LogP contribution in [0.4, 0.5) is 0 Å². The van der Waals surface area contributed by atoms with Crippen molar-refractivity contribution < 1.29 is 9.90 Å². The number of nitriles is 1. The van der Waals surface area contributed by atoms with Crippen LogP contribution in [0.15, 0.2) is 0 Å². The van der Waals surface area contributed by atoms with Crippen LogP contribution < -0.4 is 0 Å². The second-order valence-electron chi connectivity index (χ2n) is 3.12. The molecule has 0 spiro atoms. The molecule has 4 nitrogen and oxygen atoms in total. The first-order valence-electron chi connectivity index (χ1n) is 3.99. The lowest BCUT2D eigenvalue weighted by Gasteiger charge is -2.19. The van der Waals surface area contributed by atoms with Crippen LogP contribution in [-0.2, 0) is 4.79 Å². The van der Waals surface area contributed by atoms with E-state index in [-0.39, 0.29) is 18.4 Å². The van der Waals surface area contributed by atoms with Crippen molar-refractivity contribution >= 4 is 5.91 Å². The molecule has 1 aliphatic rings. The fraction of sp³-hybridized carbons (Fsp3) is 0.750. The van der Waals surface area contributed by atoms with Crippen molar-refractivity contribution in [2.45, 2.75) is 31.9 Å². The first kappa shape index (κ1) is 9.01. The Morgan fingerprint density at radius 3 is 2.92 bits per heavy atom. The summed E-state index contributed by atoms with van der Waals surface area (Å²) in [6.45, 7) is 2.26. The van der Waals surface area contributed by atoms with E-state index in [0.717, 1.165) is 0 Å². The predicted molar refractivity (Wildman–Crippen MR) is 42.0 cm³/mol. The zero-order valence-corrected chi connectivity index (χ0v) is 7.03. The highest BCUT2D eigenvalue weighted by Gasteiger charge is 2.30. The molecule has 1 saturated heterocycles. The molecule has 4 heteroatoms. The number of aliphatic hydroxyl groups is 1. The number of hydrogen-bond donors (Lipinski definition) is 1. The van der Waals surface area contributed by atoms with Crippen LogP contribution in [0.3, 0.4) is 0 Å². The first-order chi connectivity index (χ1) is 5.65.